The summed E-state index contributed by atoms with van der Waals surface area (Å²) in [6, 6.07) is -0.240. The maximum absolute atomic E-state index is 11.5. The smallest absolute Gasteiger partial charge is 0.303 e. The fraction of sp³-hybridized carbons (Fsp3) is 0.900. The van der Waals surface area contributed by atoms with E-state index in [0.29, 0.717) is 12.2 Å². The summed E-state index contributed by atoms with van der Waals surface area (Å²) >= 11 is 4.07. The third-order valence-electron chi connectivity index (χ3n) is 4.71. The minimum absolute atomic E-state index is 0.0141. The molecular formula is C20H41N2O3S+. The first-order valence-corrected chi connectivity index (χ1v) is 11.1. The van der Waals surface area contributed by atoms with E-state index in [1.807, 2.05) is 0 Å². The SMILES string of the molecule is [NH3+]C(CS)C(=O)NCCCCCCCCCCCCCCCCC(=O)O. The number of nitrogens with one attached hydrogen (secondary N) is 1. The summed E-state index contributed by atoms with van der Waals surface area (Å²) in [6.07, 6.45) is 17.4. The molecule has 0 aromatic heterocycles. The number of hydrogen-bond acceptors (Lipinski definition) is 3. The van der Waals surface area contributed by atoms with Gasteiger partial charge in [0.1, 0.15) is 0 Å². The van der Waals surface area contributed by atoms with Crippen LogP contribution in [0.25, 0.3) is 0 Å². The van der Waals surface area contributed by atoms with Gasteiger partial charge in [-0.2, -0.15) is 12.6 Å². The topological polar surface area (TPSA) is 94.0 Å². The minimum atomic E-state index is -0.673. The van der Waals surface area contributed by atoms with Crippen LogP contribution < -0.4 is 11.1 Å². The van der Waals surface area contributed by atoms with Gasteiger partial charge < -0.3 is 16.2 Å². The highest BCUT2D eigenvalue weighted by atomic mass is 32.1. The predicted molar refractivity (Wildman–Crippen MR) is 110 cm³/mol. The average molecular weight is 390 g/mol. The molecular weight excluding hydrogens is 348 g/mol. The average Bonchev–Trinajstić information content (AvgIpc) is 2.63. The van der Waals surface area contributed by atoms with E-state index in [0.717, 1.165) is 25.8 Å². The lowest BCUT2D eigenvalue weighted by Gasteiger charge is -2.07. The standard InChI is InChI=1S/C20H40N2O3S/c21-18(17-26)20(25)22-16-14-12-10-8-6-4-2-1-3-5-7-9-11-13-15-19(23)24/h18,26H,1-17,21H2,(H,22,25)(H,23,24)/p+1. The lowest BCUT2D eigenvalue weighted by molar-refractivity contribution is -0.396. The molecule has 0 saturated carbocycles. The van der Waals surface area contributed by atoms with Crippen LogP contribution in [0.1, 0.15) is 96.3 Å². The molecule has 0 aliphatic rings. The second-order valence-corrected chi connectivity index (χ2v) is 7.63. The Morgan fingerprint density at radius 1 is 0.769 bits per heavy atom. The van der Waals surface area contributed by atoms with Crippen LogP contribution in [0.2, 0.25) is 0 Å². The highest BCUT2D eigenvalue weighted by molar-refractivity contribution is 7.80. The van der Waals surface area contributed by atoms with Gasteiger partial charge in [0.05, 0.1) is 5.75 Å². The first kappa shape index (κ1) is 25.2. The van der Waals surface area contributed by atoms with E-state index < -0.39 is 5.97 Å². The number of hydrogen-bond donors (Lipinski definition) is 4. The zero-order valence-corrected chi connectivity index (χ0v) is 17.4. The van der Waals surface area contributed by atoms with Crippen molar-refractivity contribution in [3.05, 3.63) is 0 Å². The number of rotatable bonds is 19. The molecule has 0 bridgehead atoms. The van der Waals surface area contributed by atoms with Crippen LogP contribution >= 0.6 is 12.6 Å². The molecule has 0 aliphatic carbocycles. The van der Waals surface area contributed by atoms with Crippen molar-refractivity contribution in [3.63, 3.8) is 0 Å². The minimum Gasteiger partial charge on any atom is -0.481 e. The lowest BCUT2D eigenvalue weighted by Crippen LogP contribution is -2.68. The van der Waals surface area contributed by atoms with Crippen LogP contribution in [-0.2, 0) is 9.59 Å². The summed E-state index contributed by atoms with van der Waals surface area (Å²) in [7, 11) is 0. The predicted octanol–water partition coefficient (Wildman–Crippen LogP) is 3.58. The van der Waals surface area contributed by atoms with E-state index >= 15 is 0 Å². The third kappa shape index (κ3) is 18.1. The monoisotopic (exact) mass is 389 g/mol. The first-order valence-electron chi connectivity index (χ1n) is 10.5. The van der Waals surface area contributed by atoms with Crippen LogP contribution in [0.15, 0.2) is 0 Å². The number of quaternary nitrogens is 1. The lowest BCUT2D eigenvalue weighted by atomic mass is 10.0. The van der Waals surface area contributed by atoms with Gasteiger partial charge in [-0.05, 0) is 12.8 Å². The van der Waals surface area contributed by atoms with Gasteiger partial charge in [-0.15, -0.1) is 0 Å². The third-order valence-corrected chi connectivity index (χ3v) is 5.15. The maximum Gasteiger partial charge on any atom is 0.303 e. The first-order chi connectivity index (χ1) is 12.6. The largest absolute Gasteiger partial charge is 0.481 e. The summed E-state index contributed by atoms with van der Waals surface area (Å²) < 4.78 is 0. The van der Waals surface area contributed by atoms with Crippen molar-refractivity contribution in [2.75, 3.05) is 12.3 Å². The van der Waals surface area contributed by atoms with Crippen molar-refractivity contribution >= 4 is 24.5 Å². The Labute approximate surface area is 165 Å². The zero-order valence-electron chi connectivity index (χ0n) is 16.5. The van der Waals surface area contributed by atoms with Gasteiger partial charge in [0.25, 0.3) is 5.91 Å². The molecule has 26 heavy (non-hydrogen) atoms. The molecule has 0 radical (unpaired) electrons. The van der Waals surface area contributed by atoms with E-state index in [-0.39, 0.29) is 11.9 Å². The number of aliphatic carboxylic acids is 1. The summed E-state index contributed by atoms with van der Waals surface area (Å²) in [5, 5.41) is 11.5. The molecule has 0 fully saturated rings. The van der Waals surface area contributed by atoms with Crippen molar-refractivity contribution < 1.29 is 20.4 Å². The molecule has 0 spiro atoms. The van der Waals surface area contributed by atoms with Crippen LogP contribution in [0.4, 0.5) is 0 Å². The summed E-state index contributed by atoms with van der Waals surface area (Å²) in [4.78, 5) is 21.9. The highest BCUT2D eigenvalue weighted by Gasteiger charge is 2.13. The molecule has 0 saturated heterocycles. The van der Waals surface area contributed by atoms with Gasteiger partial charge in [-0.1, -0.05) is 77.0 Å². The van der Waals surface area contributed by atoms with E-state index in [9.17, 15) is 9.59 Å². The Bertz CT molecular complexity index is 354. The van der Waals surface area contributed by atoms with Crippen molar-refractivity contribution in [3.8, 4) is 0 Å². The Balaban J connectivity index is 3.11. The van der Waals surface area contributed by atoms with Crippen molar-refractivity contribution in [2.45, 2.75) is 102 Å². The molecule has 154 valence electrons. The second-order valence-electron chi connectivity index (χ2n) is 7.26. The number of carbonyl (C=O) groups is 2. The molecule has 5 N–H and O–H groups in total. The molecule has 5 nitrogen and oxygen atoms in total. The molecule has 6 heteroatoms. The molecule has 0 aliphatic heterocycles. The zero-order chi connectivity index (χ0) is 19.5. The van der Waals surface area contributed by atoms with Crippen LogP contribution in [-0.4, -0.2) is 35.3 Å². The quantitative estimate of drug-likeness (QED) is 0.201. The molecule has 0 aromatic rings. The van der Waals surface area contributed by atoms with Gasteiger partial charge in [0.15, 0.2) is 6.04 Å². The fourth-order valence-corrected chi connectivity index (χ4v) is 3.13. The molecule has 1 atom stereocenters. The Hall–Kier alpha value is -0.750. The van der Waals surface area contributed by atoms with E-state index in [4.69, 9.17) is 5.11 Å². The van der Waals surface area contributed by atoms with E-state index in [2.05, 4.69) is 23.7 Å². The number of carboxylic acid groups (broad SMARTS) is 1. The molecule has 0 rings (SSSR count). The van der Waals surface area contributed by atoms with Gasteiger partial charge in [0, 0.05) is 13.0 Å². The van der Waals surface area contributed by atoms with Crippen molar-refractivity contribution in [2.24, 2.45) is 0 Å². The molecule has 0 aromatic carbocycles. The number of carboxylic acids is 1. The van der Waals surface area contributed by atoms with Gasteiger partial charge in [-0.25, -0.2) is 0 Å². The second kappa shape index (κ2) is 19.0. The summed E-state index contributed by atoms with van der Waals surface area (Å²) in [5.41, 5.74) is 3.75. The Kier molecular flexibility index (Phi) is 18.5. The number of unbranched alkanes of at least 4 members (excludes halogenated alkanes) is 13. The van der Waals surface area contributed by atoms with E-state index in [1.165, 1.54) is 70.6 Å². The molecule has 0 heterocycles. The van der Waals surface area contributed by atoms with E-state index in [1.54, 1.807) is 0 Å². The van der Waals surface area contributed by atoms with Crippen LogP contribution in [0.5, 0.6) is 0 Å². The number of amides is 1. The fourth-order valence-electron chi connectivity index (χ4n) is 2.96. The van der Waals surface area contributed by atoms with Crippen molar-refractivity contribution in [1.82, 2.24) is 5.32 Å². The summed E-state index contributed by atoms with van der Waals surface area (Å²) in [6.45, 7) is 0.759. The van der Waals surface area contributed by atoms with Crippen molar-refractivity contribution in [1.29, 1.82) is 0 Å². The van der Waals surface area contributed by atoms with Gasteiger partial charge >= 0.3 is 5.97 Å². The summed E-state index contributed by atoms with van der Waals surface area (Å²) in [5.74, 6) is -0.160. The van der Waals surface area contributed by atoms with Gasteiger partial charge in [0.2, 0.25) is 0 Å². The molecule has 1 unspecified atom stereocenters. The maximum atomic E-state index is 11.5. The Morgan fingerprint density at radius 3 is 1.54 bits per heavy atom. The number of thiol groups is 1. The van der Waals surface area contributed by atoms with Crippen LogP contribution in [0.3, 0.4) is 0 Å². The normalized spacial score (nSPS) is 12.1. The van der Waals surface area contributed by atoms with Gasteiger partial charge in [-0.3, -0.25) is 9.59 Å². The van der Waals surface area contributed by atoms with Crippen LogP contribution in [0, 0.1) is 0 Å². The number of carbonyl (C=O) groups excluding carboxylic acids is 1. The molecule has 1 amide bonds. The Morgan fingerprint density at radius 2 is 1.15 bits per heavy atom. The highest BCUT2D eigenvalue weighted by Crippen LogP contribution is 2.13.